The number of methoxy groups -OCH3 is 1. The average Bonchev–Trinajstić information content (AvgIpc) is 2.97. The minimum absolute atomic E-state index is 0.00465. The molecule has 3 rings (SSSR count). The summed E-state index contributed by atoms with van der Waals surface area (Å²) in [7, 11) is 1.21. The van der Waals surface area contributed by atoms with E-state index in [2.05, 4.69) is 10.1 Å². The first-order valence-electron chi connectivity index (χ1n) is 9.07. The normalized spacial score (nSPS) is 21.3. The summed E-state index contributed by atoms with van der Waals surface area (Å²) in [5.74, 6) is -3.50. The average molecular weight is 415 g/mol. The third kappa shape index (κ3) is 2.77. The second kappa shape index (κ2) is 7.01. The van der Waals surface area contributed by atoms with Gasteiger partial charge in [-0.15, -0.1) is 0 Å². The zero-order valence-electron chi connectivity index (χ0n) is 17.1. The van der Waals surface area contributed by atoms with Gasteiger partial charge in [0.15, 0.2) is 17.3 Å². The summed E-state index contributed by atoms with van der Waals surface area (Å²) < 4.78 is 10.2. The molecular weight excluding hydrogens is 394 g/mol. The quantitative estimate of drug-likeness (QED) is 0.288. The highest BCUT2D eigenvalue weighted by molar-refractivity contribution is 6.31. The highest BCUT2D eigenvalue weighted by atomic mass is 16.5. The molecule has 0 bridgehead atoms. The zero-order valence-corrected chi connectivity index (χ0v) is 17.1. The van der Waals surface area contributed by atoms with E-state index < -0.39 is 40.2 Å². The number of Topliss-reactive ketones (excluding diaryl/α,β-unsaturated/α-hetero) is 2. The van der Waals surface area contributed by atoms with Gasteiger partial charge in [0.25, 0.3) is 0 Å². The van der Waals surface area contributed by atoms with Gasteiger partial charge in [0, 0.05) is 17.3 Å². The highest BCUT2D eigenvalue weighted by Gasteiger charge is 2.56. The second-order valence-corrected chi connectivity index (χ2v) is 7.32. The number of allylic oxidation sites excluding steroid dienone is 4. The summed E-state index contributed by atoms with van der Waals surface area (Å²) in [4.78, 5) is 49.7. The van der Waals surface area contributed by atoms with Crippen molar-refractivity contribution in [1.82, 2.24) is 5.32 Å². The molecular formula is C21H21NO8. The van der Waals surface area contributed by atoms with Gasteiger partial charge < -0.3 is 25.0 Å². The third-order valence-electron chi connectivity index (χ3n) is 5.49. The van der Waals surface area contributed by atoms with Gasteiger partial charge in [0.05, 0.1) is 18.2 Å². The Kier molecular flexibility index (Phi) is 4.93. The van der Waals surface area contributed by atoms with E-state index in [9.17, 15) is 29.4 Å². The van der Waals surface area contributed by atoms with E-state index >= 15 is 0 Å². The maximum atomic E-state index is 13.5. The Bertz CT molecular complexity index is 1090. The molecule has 1 aliphatic heterocycles. The lowest BCUT2D eigenvalue weighted by atomic mass is 9.70. The molecule has 0 saturated carbocycles. The van der Waals surface area contributed by atoms with E-state index in [0.717, 1.165) is 6.08 Å². The number of benzene rings is 1. The number of phenolic OH excluding ortho intramolecular Hbond substituents is 2. The molecule has 1 atom stereocenters. The van der Waals surface area contributed by atoms with Crippen LogP contribution >= 0.6 is 0 Å². The van der Waals surface area contributed by atoms with Crippen molar-refractivity contribution < 1.29 is 38.9 Å². The summed E-state index contributed by atoms with van der Waals surface area (Å²) >= 11 is 0. The fourth-order valence-electron chi connectivity index (χ4n) is 3.73. The Morgan fingerprint density at radius 3 is 2.40 bits per heavy atom. The van der Waals surface area contributed by atoms with Crippen LogP contribution in [0.25, 0.3) is 0 Å². The van der Waals surface area contributed by atoms with E-state index in [1.807, 2.05) is 0 Å². The molecule has 0 amide bonds. The lowest BCUT2D eigenvalue weighted by molar-refractivity contribution is -0.139. The number of carbonyl (C=O) groups is 4. The fraction of sp³-hybridized carbons (Fsp3) is 0.333. The van der Waals surface area contributed by atoms with Gasteiger partial charge in [0.1, 0.15) is 40.5 Å². The maximum Gasteiger partial charge on any atom is 0.325 e. The van der Waals surface area contributed by atoms with Gasteiger partial charge in [-0.2, -0.15) is 0 Å². The molecule has 1 aromatic carbocycles. The summed E-state index contributed by atoms with van der Waals surface area (Å²) in [5, 5.41) is 23.7. The van der Waals surface area contributed by atoms with Crippen LogP contribution in [-0.4, -0.2) is 47.2 Å². The van der Waals surface area contributed by atoms with Crippen molar-refractivity contribution in [1.29, 1.82) is 0 Å². The molecule has 2 aliphatic rings. The number of aromatic hydroxyl groups is 2. The van der Waals surface area contributed by atoms with E-state index in [4.69, 9.17) is 4.74 Å². The second-order valence-electron chi connectivity index (χ2n) is 7.32. The standard InChI is InChI=1S/C21H21NO8/c1-8-17(26)15(10(3)23)19-16(18(8)27)21(4)12(30-19)6-11(24)14(20(21)28)9(2)22-7-13(25)29-5/h6,22,26-27H,7H2,1-5H3/t21-/m0/s1. The van der Waals surface area contributed by atoms with Gasteiger partial charge in [-0.05, 0) is 27.7 Å². The Morgan fingerprint density at radius 2 is 1.83 bits per heavy atom. The van der Waals surface area contributed by atoms with E-state index in [-0.39, 0.29) is 46.0 Å². The predicted molar refractivity (Wildman–Crippen MR) is 103 cm³/mol. The number of nitrogens with one attached hydrogen (secondary N) is 1. The van der Waals surface area contributed by atoms with Crippen molar-refractivity contribution in [2.75, 3.05) is 13.7 Å². The molecule has 0 radical (unpaired) electrons. The van der Waals surface area contributed by atoms with Crippen molar-refractivity contribution in [2.24, 2.45) is 0 Å². The van der Waals surface area contributed by atoms with E-state index in [1.165, 1.54) is 34.8 Å². The van der Waals surface area contributed by atoms with Crippen LogP contribution in [0.5, 0.6) is 17.2 Å². The molecule has 9 nitrogen and oxygen atoms in total. The van der Waals surface area contributed by atoms with E-state index in [0.29, 0.717) is 0 Å². The first-order chi connectivity index (χ1) is 14.0. The number of esters is 1. The van der Waals surface area contributed by atoms with Crippen LogP contribution in [0.15, 0.2) is 23.1 Å². The van der Waals surface area contributed by atoms with Gasteiger partial charge in [-0.1, -0.05) is 0 Å². The predicted octanol–water partition coefficient (Wildman–Crippen LogP) is 1.33. The molecule has 0 unspecified atom stereocenters. The first kappa shape index (κ1) is 21.1. The molecule has 1 aliphatic carbocycles. The van der Waals surface area contributed by atoms with Crippen LogP contribution in [-0.2, 0) is 24.5 Å². The number of carbonyl (C=O) groups excluding carboxylic acids is 4. The molecule has 9 heteroatoms. The molecule has 1 heterocycles. The minimum Gasteiger partial charge on any atom is -0.507 e. The van der Waals surface area contributed by atoms with Crippen molar-refractivity contribution in [3.8, 4) is 17.2 Å². The fourth-order valence-corrected chi connectivity index (χ4v) is 3.73. The van der Waals surface area contributed by atoms with Gasteiger partial charge in [-0.3, -0.25) is 19.2 Å². The molecule has 0 spiro atoms. The molecule has 0 saturated heterocycles. The number of phenols is 2. The molecule has 1 aromatic rings. The largest absolute Gasteiger partial charge is 0.507 e. The SMILES string of the molecule is COC(=O)CNC(C)=C1C(=O)C=C2Oc3c(C(C)=O)c(O)c(C)c(O)c3[C@@]2(C)C1=O. The molecule has 3 N–H and O–H groups in total. The van der Waals surface area contributed by atoms with Gasteiger partial charge in [0.2, 0.25) is 0 Å². The topological polar surface area (TPSA) is 139 Å². The number of rotatable bonds is 4. The minimum atomic E-state index is -1.60. The Morgan fingerprint density at radius 1 is 1.20 bits per heavy atom. The monoisotopic (exact) mass is 415 g/mol. The van der Waals surface area contributed by atoms with Crippen LogP contribution in [0, 0.1) is 6.92 Å². The van der Waals surface area contributed by atoms with Crippen LogP contribution < -0.4 is 10.1 Å². The van der Waals surface area contributed by atoms with Gasteiger partial charge in [-0.25, -0.2) is 0 Å². The summed E-state index contributed by atoms with van der Waals surface area (Å²) in [5.41, 5.74) is -1.81. The van der Waals surface area contributed by atoms with Crippen LogP contribution in [0.1, 0.15) is 42.3 Å². The lowest BCUT2D eigenvalue weighted by Gasteiger charge is -2.29. The van der Waals surface area contributed by atoms with Crippen LogP contribution in [0.4, 0.5) is 0 Å². The third-order valence-corrected chi connectivity index (χ3v) is 5.49. The lowest BCUT2D eigenvalue weighted by Crippen LogP contribution is -2.41. The number of hydrogen-bond acceptors (Lipinski definition) is 9. The Labute approximate surface area is 172 Å². The smallest absolute Gasteiger partial charge is 0.325 e. The van der Waals surface area contributed by atoms with Crippen molar-refractivity contribution in [3.63, 3.8) is 0 Å². The van der Waals surface area contributed by atoms with Crippen molar-refractivity contribution >= 4 is 23.3 Å². The molecule has 0 fully saturated rings. The van der Waals surface area contributed by atoms with E-state index in [1.54, 1.807) is 0 Å². The number of hydrogen-bond donors (Lipinski definition) is 3. The highest BCUT2D eigenvalue weighted by Crippen LogP contribution is 2.57. The number of ether oxygens (including phenoxy) is 2. The maximum absolute atomic E-state index is 13.5. The number of ketones is 3. The summed E-state index contributed by atoms with van der Waals surface area (Å²) in [6.45, 7) is 5.30. The molecule has 30 heavy (non-hydrogen) atoms. The molecule has 158 valence electrons. The van der Waals surface area contributed by atoms with Gasteiger partial charge >= 0.3 is 5.97 Å². The summed E-state index contributed by atoms with van der Waals surface area (Å²) in [6.07, 6.45) is 1.11. The number of fused-ring (bicyclic) bond motifs is 3. The van der Waals surface area contributed by atoms with Crippen LogP contribution in [0.2, 0.25) is 0 Å². The molecule has 0 aromatic heterocycles. The van der Waals surface area contributed by atoms with Crippen molar-refractivity contribution in [3.05, 3.63) is 39.8 Å². The Balaban J connectivity index is 2.24. The van der Waals surface area contributed by atoms with Crippen molar-refractivity contribution in [2.45, 2.75) is 33.1 Å². The summed E-state index contributed by atoms with van der Waals surface area (Å²) in [6, 6.07) is 0. The zero-order chi connectivity index (χ0) is 22.5. The Hall–Kier alpha value is -3.62. The van der Waals surface area contributed by atoms with Crippen LogP contribution in [0.3, 0.4) is 0 Å². The first-order valence-corrected chi connectivity index (χ1v) is 9.07.